The number of carbonyl (C=O) groups is 1. The highest BCUT2D eigenvalue weighted by molar-refractivity contribution is 7.89. The van der Waals surface area contributed by atoms with E-state index in [4.69, 9.17) is 14.5 Å². The number of carbonyl (C=O) groups excluding carboxylic acids is 1. The van der Waals surface area contributed by atoms with E-state index in [9.17, 15) is 13.2 Å². The molecule has 2 aromatic carbocycles. The summed E-state index contributed by atoms with van der Waals surface area (Å²) < 4.78 is 39.5. The second-order valence-electron chi connectivity index (χ2n) is 8.89. The predicted octanol–water partition coefficient (Wildman–Crippen LogP) is 4.30. The Labute approximate surface area is 209 Å². The molecule has 2 fully saturated rings. The van der Waals surface area contributed by atoms with Crippen molar-refractivity contribution in [3.05, 3.63) is 48.0 Å². The molecule has 1 saturated carbocycles. The summed E-state index contributed by atoms with van der Waals surface area (Å²) in [7, 11) is -1.96. The van der Waals surface area contributed by atoms with E-state index in [2.05, 4.69) is 0 Å². The molecule has 35 heavy (non-hydrogen) atoms. The number of hydrogen-bond acceptors (Lipinski definition) is 7. The van der Waals surface area contributed by atoms with Crippen LogP contribution in [0, 0.1) is 0 Å². The molecule has 186 valence electrons. The average molecular weight is 516 g/mol. The molecule has 1 aromatic heterocycles. The summed E-state index contributed by atoms with van der Waals surface area (Å²) in [5, 5.41) is 0.583. The van der Waals surface area contributed by atoms with Crippen LogP contribution in [-0.2, 0) is 14.8 Å². The molecule has 0 radical (unpaired) electrons. The van der Waals surface area contributed by atoms with Gasteiger partial charge in [-0.2, -0.15) is 4.31 Å². The summed E-state index contributed by atoms with van der Waals surface area (Å²) in [6.07, 6.45) is 3.56. The van der Waals surface area contributed by atoms with Gasteiger partial charge in [0.2, 0.25) is 10.0 Å². The monoisotopic (exact) mass is 515 g/mol. The van der Waals surface area contributed by atoms with Crippen LogP contribution in [0.5, 0.6) is 5.75 Å². The van der Waals surface area contributed by atoms with Gasteiger partial charge in [0.25, 0.3) is 5.91 Å². The number of thiazole rings is 1. The van der Waals surface area contributed by atoms with Gasteiger partial charge in [-0.1, -0.05) is 11.3 Å². The van der Waals surface area contributed by atoms with Crippen molar-refractivity contribution in [2.24, 2.45) is 0 Å². The van der Waals surface area contributed by atoms with Crippen molar-refractivity contribution in [1.82, 2.24) is 9.29 Å². The van der Waals surface area contributed by atoms with Crippen LogP contribution in [0.2, 0.25) is 0 Å². The predicted molar refractivity (Wildman–Crippen MR) is 136 cm³/mol. The average Bonchev–Trinajstić information content (AvgIpc) is 3.41. The Balaban J connectivity index is 1.44. The number of anilines is 1. The summed E-state index contributed by atoms with van der Waals surface area (Å²) in [4.78, 5) is 20.2. The zero-order chi connectivity index (χ0) is 24.6. The Morgan fingerprint density at radius 2 is 1.94 bits per heavy atom. The van der Waals surface area contributed by atoms with E-state index < -0.39 is 10.0 Å². The highest BCUT2D eigenvalue weighted by atomic mass is 32.2. The van der Waals surface area contributed by atoms with Crippen molar-refractivity contribution >= 4 is 42.6 Å². The molecule has 1 amide bonds. The minimum atomic E-state index is -3.57. The maximum Gasteiger partial charge on any atom is 0.260 e. The van der Waals surface area contributed by atoms with Gasteiger partial charge in [0.05, 0.1) is 34.4 Å². The Bertz CT molecular complexity index is 1310. The number of nitrogens with zero attached hydrogens (tertiary/aromatic N) is 3. The molecule has 0 spiro atoms. The maximum absolute atomic E-state index is 13.6. The van der Waals surface area contributed by atoms with Crippen molar-refractivity contribution in [3.8, 4) is 5.75 Å². The van der Waals surface area contributed by atoms with Gasteiger partial charge >= 0.3 is 0 Å². The van der Waals surface area contributed by atoms with Crippen LogP contribution in [0.1, 0.15) is 43.0 Å². The van der Waals surface area contributed by atoms with E-state index in [1.54, 1.807) is 24.1 Å². The Hall–Kier alpha value is -2.53. The summed E-state index contributed by atoms with van der Waals surface area (Å²) in [6, 6.07) is 12.0. The number of amides is 1. The van der Waals surface area contributed by atoms with Gasteiger partial charge in [0.1, 0.15) is 5.75 Å². The molecule has 0 N–H and O–H groups in total. The van der Waals surface area contributed by atoms with Crippen LogP contribution in [0.25, 0.3) is 10.2 Å². The molecule has 0 bridgehead atoms. The van der Waals surface area contributed by atoms with Crippen LogP contribution >= 0.6 is 11.3 Å². The normalized spacial score (nSPS) is 18.3. The summed E-state index contributed by atoms with van der Waals surface area (Å²) >= 11 is 1.43. The van der Waals surface area contributed by atoms with Gasteiger partial charge in [-0.05, 0) is 75.1 Å². The topological polar surface area (TPSA) is 89.0 Å². The van der Waals surface area contributed by atoms with Crippen LogP contribution in [0.15, 0.2) is 47.4 Å². The van der Waals surface area contributed by atoms with Gasteiger partial charge in [-0.3, -0.25) is 9.69 Å². The van der Waals surface area contributed by atoms with Gasteiger partial charge < -0.3 is 9.47 Å². The lowest BCUT2D eigenvalue weighted by Crippen LogP contribution is -2.37. The largest absolute Gasteiger partial charge is 0.494 e. The van der Waals surface area contributed by atoms with E-state index in [-0.39, 0.29) is 22.9 Å². The Morgan fingerprint density at radius 1 is 1.17 bits per heavy atom. The molecule has 1 atom stereocenters. The van der Waals surface area contributed by atoms with Crippen molar-refractivity contribution in [2.75, 3.05) is 31.7 Å². The molecule has 1 aliphatic carbocycles. The van der Waals surface area contributed by atoms with Crippen molar-refractivity contribution < 1.29 is 22.7 Å². The molecule has 10 heteroatoms. The second kappa shape index (κ2) is 9.85. The first-order chi connectivity index (χ1) is 16.9. The fourth-order valence-corrected chi connectivity index (χ4v) is 6.65. The highest BCUT2D eigenvalue weighted by Crippen LogP contribution is 2.34. The quantitative estimate of drug-likeness (QED) is 0.422. The van der Waals surface area contributed by atoms with Gasteiger partial charge in [0.15, 0.2) is 5.13 Å². The SMILES string of the molecule is CCOc1ccc2nc(N(CC3CCCO3)C(=O)c3ccc(S(=O)(=O)N(C)C4CC4)cc3)sc2c1. The van der Waals surface area contributed by atoms with Gasteiger partial charge in [-0.15, -0.1) is 0 Å². The van der Waals surface area contributed by atoms with Crippen LogP contribution < -0.4 is 9.64 Å². The number of aromatic nitrogens is 1. The molecule has 8 nitrogen and oxygen atoms in total. The molecule has 1 unspecified atom stereocenters. The Morgan fingerprint density at radius 3 is 2.60 bits per heavy atom. The van der Waals surface area contributed by atoms with E-state index in [0.29, 0.717) is 30.5 Å². The zero-order valence-electron chi connectivity index (χ0n) is 19.8. The van der Waals surface area contributed by atoms with Gasteiger partial charge in [-0.25, -0.2) is 13.4 Å². The number of ether oxygens (including phenoxy) is 2. The molecule has 1 aliphatic heterocycles. The first-order valence-corrected chi connectivity index (χ1v) is 14.2. The van der Waals surface area contributed by atoms with Crippen molar-refractivity contribution in [1.29, 1.82) is 0 Å². The minimum Gasteiger partial charge on any atom is -0.494 e. The van der Waals surface area contributed by atoms with E-state index in [1.807, 2.05) is 25.1 Å². The minimum absolute atomic E-state index is 0.0585. The van der Waals surface area contributed by atoms with E-state index in [0.717, 1.165) is 41.6 Å². The van der Waals surface area contributed by atoms with Gasteiger partial charge in [0, 0.05) is 25.3 Å². The van der Waals surface area contributed by atoms with E-state index >= 15 is 0 Å². The Kier molecular flexibility index (Phi) is 6.80. The van der Waals surface area contributed by atoms with E-state index in [1.165, 1.54) is 27.8 Å². The standard InChI is InChI=1S/C25H29N3O5S2/c1-3-32-19-10-13-22-23(15-19)34-25(26-22)28(16-20-5-4-14-33-20)24(29)17-6-11-21(12-7-17)35(30,31)27(2)18-8-9-18/h6-7,10-13,15,18,20H,3-5,8-9,14,16H2,1-2H3. The molecule has 1 saturated heterocycles. The number of hydrogen-bond donors (Lipinski definition) is 0. The number of rotatable bonds is 9. The third-order valence-electron chi connectivity index (χ3n) is 6.39. The molecular formula is C25H29N3O5S2. The number of fused-ring (bicyclic) bond motifs is 1. The zero-order valence-corrected chi connectivity index (χ0v) is 21.5. The summed E-state index contributed by atoms with van der Waals surface area (Å²) in [5.74, 6) is 0.532. The lowest BCUT2D eigenvalue weighted by molar-refractivity contribution is 0.0917. The summed E-state index contributed by atoms with van der Waals surface area (Å²) in [6.45, 7) is 3.58. The van der Waals surface area contributed by atoms with Crippen LogP contribution in [-0.4, -0.2) is 62.6 Å². The molecule has 5 rings (SSSR count). The van der Waals surface area contributed by atoms with Crippen molar-refractivity contribution in [3.63, 3.8) is 0 Å². The third-order valence-corrected chi connectivity index (χ3v) is 9.35. The lowest BCUT2D eigenvalue weighted by Gasteiger charge is -2.23. The maximum atomic E-state index is 13.6. The lowest BCUT2D eigenvalue weighted by atomic mass is 10.2. The first-order valence-electron chi connectivity index (χ1n) is 11.9. The number of sulfonamides is 1. The van der Waals surface area contributed by atoms with Crippen molar-refractivity contribution in [2.45, 2.75) is 49.6 Å². The summed E-state index contributed by atoms with van der Waals surface area (Å²) in [5.41, 5.74) is 1.20. The fraction of sp³-hybridized carbons (Fsp3) is 0.440. The molecule has 2 heterocycles. The number of benzene rings is 2. The van der Waals surface area contributed by atoms with Crippen LogP contribution in [0.4, 0.5) is 5.13 Å². The third kappa shape index (κ3) is 5.06. The highest BCUT2D eigenvalue weighted by Gasteiger charge is 2.35. The molecular weight excluding hydrogens is 486 g/mol. The smallest absolute Gasteiger partial charge is 0.260 e. The molecule has 3 aromatic rings. The van der Waals surface area contributed by atoms with Crippen LogP contribution in [0.3, 0.4) is 0 Å². The second-order valence-corrected chi connectivity index (χ2v) is 11.9. The fourth-order valence-electron chi connectivity index (χ4n) is 4.23. The molecule has 2 aliphatic rings. The first kappa shape index (κ1) is 24.2.